The molecule has 0 radical (unpaired) electrons. The van der Waals surface area contributed by atoms with Gasteiger partial charge in [-0.05, 0) is 0 Å². The smallest absolute Gasteiger partial charge is 0.383 e. The van der Waals surface area contributed by atoms with Crippen molar-refractivity contribution < 1.29 is 26.3 Å². The van der Waals surface area contributed by atoms with Crippen molar-refractivity contribution in [1.29, 1.82) is 5.26 Å². The molecule has 1 unspecified atom stereocenters. The number of nitrogens with one attached hydrogen (secondary N) is 1. The summed E-state index contributed by atoms with van der Waals surface area (Å²) in [5.41, 5.74) is -0.379. The maximum absolute atomic E-state index is 12.7. The zero-order valence-corrected chi connectivity index (χ0v) is 8.65. The molecule has 1 atom stereocenters. The lowest BCUT2D eigenvalue weighted by atomic mass is 10.1. The first-order chi connectivity index (χ1) is 8.25. The van der Waals surface area contributed by atoms with Crippen LogP contribution in [0.4, 0.5) is 32.0 Å². The summed E-state index contributed by atoms with van der Waals surface area (Å²) in [6, 6.07) is 2.01. The molecule has 98 valence electrons. The maximum atomic E-state index is 12.7. The summed E-state index contributed by atoms with van der Waals surface area (Å²) in [6.07, 6.45) is -4.75. The third kappa shape index (κ3) is 3.29. The topological polar surface area (TPSA) is 35.8 Å². The highest BCUT2D eigenvalue weighted by Gasteiger charge is 2.39. The van der Waals surface area contributed by atoms with Crippen molar-refractivity contribution in [2.75, 3.05) is 11.9 Å². The van der Waals surface area contributed by atoms with Gasteiger partial charge in [-0.1, -0.05) is 0 Å². The van der Waals surface area contributed by atoms with E-state index in [4.69, 9.17) is 5.26 Å². The van der Waals surface area contributed by atoms with Crippen molar-refractivity contribution in [3.05, 3.63) is 29.6 Å². The van der Waals surface area contributed by atoms with Crippen molar-refractivity contribution in [2.45, 2.75) is 6.18 Å². The van der Waals surface area contributed by atoms with Crippen LogP contribution >= 0.6 is 0 Å². The van der Waals surface area contributed by atoms with Crippen LogP contribution in [0.5, 0.6) is 0 Å². The van der Waals surface area contributed by atoms with E-state index in [0.29, 0.717) is 12.1 Å². The quantitative estimate of drug-likeness (QED) is 0.675. The summed E-state index contributed by atoms with van der Waals surface area (Å²) in [7, 11) is 0. The molecule has 1 aromatic carbocycles. The molecule has 8 heteroatoms. The normalized spacial score (nSPS) is 12.9. The largest absolute Gasteiger partial charge is 0.406 e. The van der Waals surface area contributed by atoms with Crippen LogP contribution in [-0.4, -0.2) is 12.7 Å². The molecule has 0 fully saturated rings. The number of nitriles is 1. The van der Waals surface area contributed by atoms with Gasteiger partial charge in [0.1, 0.15) is 0 Å². The number of nitrogens with zero attached hydrogens (tertiary/aromatic N) is 1. The Bertz CT molecular complexity index is 453. The van der Waals surface area contributed by atoms with Gasteiger partial charge in [-0.2, -0.15) is 18.4 Å². The van der Waals surface area contributed by atoms with Gasteiger partial charge in [0.05, 0.1) is 6.07 Å². The molecule has 1 N–H and O–H groups in total. The highest BCUT2D eigenvalue weighted by molar-refractivity contribution is 5.44. The zero-order valence-electron chi connectivity index (χ0n) is 8.65. The standard InChI is InChI=1S/C10H6F6N2/c11-7-1-6(2-8(12)9(7)13)18-4-5(3-17)10(14,15)16/h1-2,5,18H,4H2. The molecule has 0 aliphatic rings. The second-order valence-corrected chi connectivity index (χ2v) is 3.36. The van der Waals surface area contributed by atoms with E-state index >= 15 is 0 Å². The minimum absolute atomic E-state index is 0.379. The number of hydrogen-bond acceptors (Lipinski definition) is 2. The van der Waals surface area contributed by atoms with E-state index in [0.717, 1.165) is 6.07 Å². The molecule has 0 aromatic heterocycles. The van der Waals surface area contributed by atoms with Gasteiger partial charge in [0.25, 0.3) is 0 Å². The maximum Gasteiger partial charge on any atom is 0.406 e. The third-order valence-corrected chi connectivity index (χ3v) is 2.05. The molecule has 0 bridgehead atoms. The molecule has 0 spiro atoms. The Balaban J connectivity index is 2.79. The number of alkyl halides is 3. The predicted molar refractivity (Wildman–Crippen MR) is 50.0 cm³/mol. The first-order valence-corrected chi connectivity index (χ1v) is 4.60. The lowest BCUT2D eigenvalue weighted by Gasteiger charge is -2.14. The van der Waals surface area contributed by atoms with Gasteiger partial charge >= 0.3 is 6.18 Å². The minimum atomic E-state index is -4.75. The van der Waals surface area contributed by atoms with Gasteiger partial charge in [-0.15, -0.1) is 0 Å². The first kappa shape index (κ1) is 14.2. The van der Waals surface area contributed by atoms with E-state index < -0.39 is 36.1 Å². The number of benzene rings is 1. The van der Waals surface area contributed by atoms with E-state index in [1.165, 1.54) is 0 Å². The number of hydrogen-bond donors (Lipinski definition) is 1. The fraction of sp³-hybridized carbons (Fsp3) is 0.300. The van der Waals surface area contributed by atoms with Crippen LogP contribution in [0.3, 0.4) is 0 Å². The van der Waals surface area contributed by atoms with E-state index in [2.05, 4.69) is 0 Å². The van der Waals surface area contributed by atoms with Gasteiger partial charge in [0.2, 0.25) is 0 Å². The van der Waals surface area contributed by atoms with Gasteiger partial charge in [0.15, 0.2) is 23.4 Å². The molecule has 0 heterocycles. The Morgan fingerprint density at radius 3 is 2.06 bits per heavy atom. The average Bonchev–Trinajstić information content (AvgIpc) is 2.24. The molecular formula is C10H6F6N2. The predicted octanol–water partition coefficient (Wildman–Crippen LogP) is 3.22. The molecule has 18 heavy (non-hydrogen) atoms. The van der Waals surface area contributed by atoms with E-state index in [1.807, 2.05) is 5.32 Å². The Hall–Kier alpha value is -1.91. The highest BCUT2D eigenvalue weighted by Crippen LogP contribution is 2.26. The first-order valence-electron chi connectivity index (χ1n) is 4.60. The van der Waals surface area contributed by atoms with Crippen molar-refractivity contribution in [2.24, 2.45) is 5.92 Å². The fourth-order valence-corrected chi connectivity index (χ4v) is 1.11. The SMILES string of the molecule is N#CC(CNc1cc(F)c(F)c(F)c1)C(F)(F)F. The Morgan fingerprint density at radius 1 is 1.17 bits per heavy atom. The van der Waals surface area contributed by atoms with E-state index in [1.54, 1.807) is 0 Å². The summed E-state index contributed by atoms with van der Waals surface area (Å²) < 4.78 is 74.6. The van der Waals surface area contributed by atoms with Crippen LogP contribution in [0.25, 0.3) is 0 Å². The summed E-state index contributed by atoms with van der Waals surface area (Å²) in [5, 5.41) is 10.3. The summed E-state index contributed by atoms with van der Waals surface area (Å²) in [4.78, 5) is 0. The second-order valence-electron chi connectivity index (χ2n) is 3.36. The summed E-state index contributed by atoms with van der Waals surface area (Å²) in [6.45, 7) is -0.884. The lowest BCUT2D eigenvalue weighted by molar-refractivity contribution is -0.155. The molecule has 0 aliphatic carbocycles. The fourth-order valence-electron chi connectivity index (χ4n) is 1.11. The third-order valence-electron chi connectivity index (χ3n) is 2.05. The Morgan fingerprint density at radius 2 is 1.67 bits per heavy atom. The molecule has 0 amide bonds. The van der Waals surface area contributed by atoms with Gasteiger partial charge in [-0.3, -0.25) is 0 Å². The molecule has 0 aliphatic heterocycles. The van der Waals surface area contributed by atoms with Crippen LogP contribution in [0, 0.1) is 34.7 Å². The Kier molecular flexibility index (Phi) is 4.06. The molecular weight excluding hydrogens is 262 g/mol. The number of rotatable bonds is 3. The van der Waals surface area contributed by atoms with Crippen LogP contribution in [-0.2, 0) is 0 Å². The molecule has 1 rings (SSSR count). The molecule has 2 nitrogen and oxygen atoms in total. The summed E-state index contributed by atoms with van der Waals surface area (Å²) >= 11 is 0. The van der Waals surface area contributed by atoms with Crippen LogP contribution in [0.2, 0.25) is 0 Å². The molecule has 1 aromatic rings. The van der Waals surface area contributed by atoms with Crippen LogP contribution in [0.15, 0.2) is 12.1 Å². The van der Waals surface area contributed by atoms with Crippen molar-refractivity contribution in [1.82, 2.24) is 0 Å². The van der Waals surface area contributed by atoms with Gasteiger partial charge in [-0.25, -0.2) is 13.2 Å². The van der Waals surface area contributed by atoms with Crippen molar-refractivity contribution in [3.8, 4) is 6.07 Å². The lowest BCUT2D eigenvalue weighted by Crippen LogP contribution is -2.28. The second kappa shape index (κ2) is 5.16. The zero-order chi connectivity index (χ0) is 13.9. The van der Waals surface area contributed by atoms with Gasteiger partial charge in [0, 0.05) is 24.4 Å². The van der Waals surface area contributed by atoms with Crippen LogP contribution in [0.1, 0.15) is 0 Å². The number of anilines is 1. The van der Waals surface area contributed by atoms with E-state index in [9.17, 15) is 26.3 Å². The highest BCUT2D eigenvalue weighted by atomic mass is 19.4. The molecule has 0 saturated heterocycles. The number of halogens is 6. The monoisotopic (exact) mass is 268 g/mol. The van der Waals surface area contributed by atoms with Crippen molar-refractivity contribution in [3.63, 3.8) is 0 Å². The average molecular weight is 268 g/mol. The van der Waals surface area contributed by atoms with Crippen molar-refractivity contribution >= 4 is 5.69 Å². The Labute approximate surface area is 97.8 Å². The van der Waals surface area contributed by atoms with Crippen LogP contribution < -0.4 is 5.32 Å². The van der Waals surface area contributed by atoms with E-state index in [-0.39, 0.29) is 5.69 Å². The minimum Gasteiger partial charge on any atom is -0.383 e. The van der Waals surface area contributed by atoms with Gasteiger partial charge < -0.3 is 5.32 Å². The summed E-state index contributed by atoms with van der Waals surface area (Å²) in [5.74, 6) is -7.10. The molecule has 0 saturated carbocycles.